The Hall–Kier alpha value is -1.75. The maximum atomic E-state index is 11.1. The maximum Gasteiger partial charge on any atom is 0.250 e. The molecule has 1 amide bonds. The molecule has 0 aromatic heterocycles. The number of carbonyl (C=O) groups excluding carboxylic acids is 1. The molecule has 0 radical (unpaired) electrons. The zero-order valence-corrected chi connectivity index (χ0v) is 10.3. The molecule has 5 N–H and O–H groups in total. The molecule has 5 nitrogen and oxygen atoms in total. The number of nitrogens with two attached hydrogens (primary N) is 2. The number of nitrogens with one attached hydrogen (secondary N) is 1. The van der Waals surface area contributed by atoms with Crippen molar-refractivity contribution in [2.75, 3.05) is 30.8 Å². The van der Waals surface area contributed by atoms with Crippen LogP contribution in [0.3, 0.4) is 0 Å². The van der Waals surface area contributed by atoms with Crippen LogP contribution in [0.5, 0.6) is 0 Å². The Bertz CT molecular complexity index is 430. The first-order valence-electron chi connectivity index (χ1n) is 6.18. The summed E-state index contributed by atoms with van der Waals surface area (Å²) in [7, 11) is 0. The molecule has 0 saturated heterocycles. The molecule has 1 fully saturated rings. The van der Waals surface area contributed by atoms with Gasteiger partial charge in [-0.05, 0) is 37.0 Å². The molecule has 0 heterocycles. The van der Waals surface area contributed by atoms with Crippen molar-refractivity contribution in [2.45, 2.75) is 12.8 Å². The molecule has 0 atom stereocenters. The Kier molecular flexibility index (Phi) is 4.04. The molecule has 1 aromatic carbocycles. The van der Waals surface area contributed by atoms with E-state index < -0.39 is 5.91 Å². The van der Waals surface area contributed by atoms with Crippen molar-refractivity contribution in [3.8, 4) is 0 Å². The molecule has 0 aliphatic heterocycles. The molecule has 2 rings (SSSR count). The van der Waals surface area contributed by atoms with E-state index >= 15 is 0 Å². The van der Waals surface area contributed by atoms with Gasteiger partial charge in [0.1, 0.15) is 0 Å². The minimum Gasteiger partial charge on any atom is -0.398 e. The number of amides is 1. The monoisotopic (exact) mass is 249 g/mol. The van der Waals surface area contributed by atoms with E-state index in [4.69, 9.17) is 16.2 Å². The highest BCUT2D eigenvalue weighted by Gasteiger charge is 2.20. The summed E-state index contributed by atoms with van der Waals surface area (Å²) in [4.78, 5) is 11.1. The van der Waals surface area contributed by atoms with E-state index in [-0.39, 0.29) is 0 Å². The third kappa shape index (κ3) is 3.63. The van der Waals surface area contributed by atoms with E-state index in [1.165, 1.54) is 12.8 Å². The molecule has 18 heavy (non-hydrogen) atoms. The van der Waals surface area contributed by atoms with Crippen LogP contribution in [0, 0.1) is 5.92 Å². The van der Waals surface area contributed by atoms with Crippen LogP contribution < -0.4 is 16.8 Å². The number of benzene rings is 1. The summed E-state index contributed by atoms with van der Waals surface area (Å²) in [6.45, 7) is 2.22. The first-order valence-corrected chi connectivity index (χ1v) is 6.18. The van der Waals surface area contributed by atoms with Crippen LogP contribution in [-0.2, 0) is 4.74 Å². The number of hydrogen-bond acceptors (Lipinski definition) is 4. The average Bonchev–Trinajstić information content (AvgIpc) is 3.14. The second kappa shape index (κ2) is 5.73. The molecule has 0 bridgehead atoms. The third-order valence-electron chi connectivity index (χ3n) is 2.94. The van der Waals surface area contributed by atoms with Gasteiger partial charge in [0.05, 0.1) is 12.2 Å². The van der Waals surface area contributed by atoms with Gasteiger partial charge in [0.2, 0.25) is 0 Å². The number of primary amides is 1. The average molecular weight is 249 g/mol. The van der Waals surface area contributed by atoms with Crippen molar-refractivity contribution in [1.29, 1.82) is 0 Å². The summed E-state index contributed by atoms with van der Waals surface area (Å²) in [6.07, 6.45) is 2.60. The molecule has 1 aromatic rings. The summed E-state index contributed by atoms with van der Waals surface area (Å²) in [5.74, 6) is 0.268. The predicted octanol–water partition coefficient (Wildman–Crippen LogP) is 1.21. The maximum absolute atomic E-state index is 11.1. The number of carbonyl (C=O) groups is 1. The minimum atomic E-state index is -0.513. The summed E-state index contributed by atoms with van der Waals surface area (Å²) >= 11 is 0. The molecule has 1 aliphatic rings. The zero-order valence-electron chi connectivity index (χ0n) is 10.3. The second-order valence-corrected chi connectivity index (χ2v) is 4.61. The van der Waals surface area contributed by atoms with Gasteiger partial charge in [0.15, 0.2) is 0 Å². The topological polar surface area (TPSA) is 90.4 Å². The van der Waals surface area contributed by atoms with E-state index in [1.54, 1.807) is 12.1 Å². The second-order valence-electron chi connectivity index (χ2n) is 4.61. The van der Waals surface area contributed by atoms with Gasteiger partial charge in [-0.15, -0.1) is 0 Å². The number of ether oxygens (including phenoxy) is 1. The highest BCUT2D eigenvalue weighted by Crippen LogP contribution is 2.28. The first kappa shape index (κ1) is 12.7. The lowest BCUT2D eigenvalue weighted by atomic mass is 10.1. The summed E-state index contributed by atoms with van der Waals surface area (Å²) in [5, 5.41) is 3.17. The summed E-state index contributed by atoms with van der Waals surface area (Å²) in [6, 6.07) is 5.16. The van der Waals surface area contributed by atoms with Crippen molar-refractivity contribution in [3.05, 3.63) is 23.8 Å². The first-order chi connectivity index (χ1) is 8.66. The molecule has 5 heteroatoms. The van der Waals surface area contributed by atoms with Crippen LogP contribution in [0.2, 0.25) is 0 Å². The third-order valence-corrected chi connectivity index (χ3v) is 2.94. The van der Waals surface area contributed by atoms with E-state index in [1.807, 2.05) is 6.07 Å². The van der Waals surface area contributed by atoms with Crippen LogP contribution in [0.15, 0.2) is 18.2 Å². The van der Waals surface area contributed by atoms with Crippen molar-refractivity contribution in [2.24, 2.45) is 11.7 Å². The lowest BCUT2D eigenvalue weighted by Crippen LogP contribution is -2.15. The number of rotatable bonds is 7. The Morgan fingerprint density at radius 3 is 2.89 bits per heavy atom. The van der Waals surface area contributed by atoms with E-state index in [0.29, 0.717) is 24.4 Å². The molecule has 98 valence electrons. The van der Waals surface area contributed by atoms with Crippen molar-refractivity contribution < 1.29 is 9.53 Å². The largest absolute Gasteiger partial charge is 0.398 e. The van der Waals surface area contributed by atoms with Crippen LogP contribution in [0.25, 0.3) is 0 Å². The standard InChI is InChI=1S/C13H19N3O2/c14-12-4-3-10(7-11(12)13(15)17)16-5-6-18-8-9-1-2-9/h3-4,7,9,16H,1-2,5-6,8,14H2,(H2,15,17). The van der Waals surface area contributed by atoms with E-state index in [0.717, 1.165) is 18.2 Å². The summed E-state index contributed by atoms with van der Waals surface area (Å²) < 4.78 is 5.50. The van der Waals surface area contributed by atoms with Gasteiger partial charge in [0, 0.05) is 24.5 Å². The Labute approximate surface area is 106 Å². The van der Waals surface area contributed by atoms with Gasteiger partial charge in [-0.2, -0.15) is 0 Å². The number of hydrogen-bond donors (Lipinski definition) is 3. The molecule has 0 unspecified atom stereocenters. The smallest absolute Gasteiger partial charge is 0.250 e. The highest BCUT2D eigenvalue weighted by molar-refractivity contribution is 5.98. The van der Waals surface area contributed by atoms with Crippen LogP contribution >= 0.6 is 0 Å². The lowest BCUT2D eigenvalue weighted by Gasteiger charge is -2.09. The Balaban J connectivity index is 1.77. The van der Waals surface area contributed by atoms with Crippen LogP contribution in [0.1, 0.15) is 23.2 Å². The molecule has 0 spiro atoms. The van der Waals surface area contributed by atoms with Gasteiger partial charge in [-0.3, -0.25) is 4.79 Å². The summed E-state index contributed by atoms with van der Waals surface area (Å²) in [5.41, 5.74) is 12.5. The zero-order chi connectivity index (χ0) is 13.0. The molecular formula is C13H19N3O2. The highest BCUT2D eigenvalue weighted by atomic mass is 16.5. The Morgan fingerprint density at radius 1 is 1.44 bits per heavy atom. The van der Waals surface area contributed by atoms with Gasteiger partial charge in [-0.1, -0.05) is 0 Å². The Morgan fingerprint density at radius 2 is 2.22 bits per heavy atom. The SMILES string of the molecule is NC(=O)c1cc(NCCOCC2CC2)ccc1N. The van der Waals surface area contributed by atoms with E-state index in [2.05, 4.69) is 5.32 Å². The van der Waals surface area contributed by atoms with Gasteiger partial charge in [-0.25, -0.2) is 0 Å². The minimum absolute atomic E-state index is 0.346. The lowest BCUT2D eigenvalue weighted by molar-refractivity contribution is 0.100. The quantitative estimate of drug-likeness (QED) is 0.500. The van der Waals surface area contributed by atoms with Crippen LogP contribution in [-0.4, -0.2) is 25.7 Å². The van der Waals surface area contributed by atoms with Gasteiger partial charge >= 0.3 is 0 Å². The van der Waals surface area contributed by atoms with Gasteiger partial charge < -0.3 is 21.5 Å². The fraction of sp³-hybridized carbons (Fsp3) is 0.462. The molecular weight excluding hydrogens is 230 g/mol. The van der Waals surface area contributed by atoms with Gasteiger partial charge in [0.25, 0.3) is 5.91 Å². The number of anilines is 2. The van der Waals surface area contributed by atoms with Crippen molar-refractivity contribution >= 4 is 17.3 Å². The number of nitrogen functional groups attached to an aromatic ring is 1. The van der Waals surface area contributed by atoms with Crippen LogP contribution in [0.4, 0.5) is 11.4 Å². The van der Waals surface area contributed by atoms with E-state index in [9.17, 15) is 4.79 Å². The van der Waals surface area contributed by atoms with Crippen molar-refractivity contribution in [3.63, 3.8) is 0 Å². The fourth-order valence-corrected chi connectivity index (χ4v) is 1.68. The normalized spacial score (nSPS) is 14.4. The molecule has 1 aliphatic carbocycles. The van der Waals surface area contributed by atoms with Crippen molar-refractivity contribution in [1.82, 2.24) is 0 Å². The fourth-order valence-electron chi connectivity index (χ4n) is 1.68. The molecule has 1 saturated carbocycles. The predicted molar refractivity (Wildman–Crippen MR) is 71.4 cm³/mol.